The number of benzene rings is 2. The van der Waals surface area contributed by atoms with Gasteiger partial charge in [-0.1, -0.05) is 30.3 Å². The average Bonchev–Trinajstić information content (AvgIpc) is 2.99. The minimum absolute atomic E-state index is 0.222. The Bertz CT molecular complexity index is 817. The molecule has 0 spiro atoms. The molecule has 0 bridgehead atoms. The molecule has 2 atom stereocenters. The lowest BCUT2D eigenvalue weighted by Crippen LogP contribution is -2.16. The fourth-order valence-corrected chi connectivity index (χ4v) is 3.11. The van der Waals surface area contributed by atoms with Gasteiger partial charge in [-0.2, -0.15) is 0 Å². The van der Waals surface area contributed by atoms with Crippen LogP contribution >= 0.6 is 0 Å². The Morgan fingerprint density at radius 2 is 1.74 bits per heavy atom. The molecule has 6 heteroatoms. The van der Waals surface area contributed by atoms with E-state index >= 15 is 0 Å². The predicted molar refractivity (Wildman–Crippen MR) is 86.1 cm³/mol. The van der Waals surface area contributed by atoms with E-state index in [0.717, 1.165) is 11.8 Å². The number of nitrogens with zero attached hydrogens (tertiary/aromatic N) is 1. The molecule has 1 heterocycles. The van der Waals surface area contributed by atoms with Gasteiger partial charge in [-0.15, -0.1) is 0 Å². The third-order valence-electron chi connectivity index (χ3n) is 3.69. The van der Waals surface area contributed by atoms with E-state index in [1.807, 2.05) is 30.3 Å². The molecule has 23 heavy (non-hydrogen) atoms. The lowest BCUT2D eigenvalue weighted by Gasteiger charge is -2.16. The number of rotatable bonds is 4. The Morgan fingerprint density at radius 3 is 2.30 bits per heavy atom. The molecular formula is C17H16FNO3S. The van der Waals surface area contributed by atoms with Crippen LogP contribution < -0.4 is 0 Å². The van der Waals surface area contributed by atoms with Crippen LogP contribution in [-0.2, 0) is 14.6 Å². The molecule has 0 N–H and O–H groups in total. The van der Waals surface area contributed by atoms with Gasteiger partial charge in [0.05, 0.1) is 4.90 Å². The molecule has 0 fully saturated rings. The van der Waals surface area contributed by atoms with Crippen molar-refractivity contribution in [2.45, 2.75) is 17.0 Å². The molecule has 3 rings (SSSR count). The van der Waals surface area contributed by atoms with Crippen LogP contribution in [-0.4, -0.2) is 33.3 Å². The highest BCUT2D eigenvalue weighted by Crippen LogP contribution is 2.32. The second-order valence-corrected chi connectivity index (χ2v) is 7.42. The zero-order chi connectivity index (χ0) is 16.4. The van der Waals surface area contributed by atoms with E-state index in [1.165, 1.54) is 12.1 Å². The zero-order valence-corrected chi connectivity index (χ0v) is 13.3. The maximum Gasteiger partial charge on any atom is 0.217 e. The summed E-state index contributed by atoms with van der Waals surface area (Å²) in [6.45, 7) is -0.644. The second kappa shape index (κ2) is 6.12. The Kier molecular flexibility index (Phi) is 4.17. The third-order valence-corrected chi connectivity index (χ3v) is 4.82. The van der Waals surface area contributed by atoms with Crippen molar-refractivity contribution >= 4 is 15.7 Å². The summed E-state index contributed by atoms with van der Waals surface area (Å²) in [5.41, 5.74) is 1.50. The van der Waals surface area contributed by atoms with Crippen molar-refractivity contribution in [3.8, 4) is 0 Å². The predicted octanol–water partition coefficient (Wildman–Crippen LogP) is 2.95. The molecule has 1 aliphatic heterocycles. The van der Waals surface area contributed by atoms with Gasteiger partial charge in [0.1, 0.15) is 12.7 Å². The SMILES string of the molecule is CS(=O)(=O)c1ccc([C@H]2OC(c3ccccc3)=N[C@H]2CF)cc1. The van der Waals surface area contributed by atoms with E-state index in [2.05, 4.69) is 4.99 Å². The van der Waals surface area contributed by atoms with Crippen LogP contribution in [0.2, 0.25) is 0 Å². The fourth-order valence-electron chi connectivity index (χ4n) is 2.48. The molecule has 2 aromatic carbocycles. The van der Waals surface area contributed by atoms with E-state index in [-0.39, 0.29) is 4.90 Å². The van der Waals surface area contributed by atoms with Crippen molar-refractivity contribution in [3.05, 3.63) is 65.7 Å². The van der Waals surface area contributed by atoms with Crippen LogP contribution in [0.1, 0.15) is 17.2 Å². The molecule has 2 aromatic rings. The van der Waals surface area contributed by atoms with Crippen molar-refractivity contribution < 1.29 is 17.5 Å². The summed E-state index contributed by atoms with van der Waals surface area (Å²) in [6.07, 6.45) is 0.596. The van der Waals surface area contributed by atoms with Crippen molar-refractivity contribution in [2.75, 3.05) is 12.9 Å². The highest BCUT2D eigenvalue weighted by Gasteiger charge is 2.33. The van der Waals surface area contributed by atoms with Crippen LogP contribution in [0.25, 0.3) is 0 Å². The molecule has 120 valence electrons. The third kappa shape index (κ3) is 3.27. The minimum atomic E-state index is -3.26. The normalized spacial score (nSPS) is 20.9. The van der Waals surface area contributed by atoms with E-state index in [9.17, 15) is 12.8 Å². The molecule has 4 nitrogen and oxygen atoms in total. The first-order chi connectivity index (χ1) is 11.0. The van der Waals surface area contributed by atoms with Crippen LogP contribution in [0.3, 0.4) is 0 Å². The molecule has 0 amide bonds. The van der Waals surface area contributed by atoms with Gasteiger partial charge in [0.25, 0.3) is 0 Å². The highest BCUT2D eigenvalue weighted by molar-refractivity contribution is 7.90. The molecule has 0 saturated carbocycles. The Morgan fingerprint density at radius 1 is 1.09 bits per heavy atom. The van der Waals surface area contributed by atoms with Gasteiger partial charge >= 0.3 is 0 Å². The lowest BCUT2D eigenvalue weighted by molar-refractivity contribution is 0.180. The van der Waals surface area contributed by atoms with E-state index in [4.69, 9.17) is 4.74 Å². The van der Waals surface area contributed by atoms with Gasteiger partial charge in [-0.25, -0.2) is 17.8 Å². The molecule has 0 aromatic heterocycles. The van der Waals surface area contributed by atoms with Crippen molar-refractivity contribution in [3.63, 3.8) is 0 Å². The van der Waals surface area contributed by atoms with E-state index < -0.39 is 28.7 Å². The first-order valence-corrected chi connectivity index (χ1v) is 9.04. The van der Waals surface area contributed by atoms with Gasteiger partial charge < -0.3 is 4.74 Å². The Hall–Kier alpha value is -2.21. The lowest BCUT2D eigenvalue weighted by atomic mass is 10.0. The highest BCUT2D eigenvalue weighted by atomic mass is 32.2. The second-order valence-electron chi connectivity index (χ2n) is 5.40. The molecular weight excluding hydrogens is 317 g/mol. The average molecular weight is 333 g/mol. The standard InChI is InChI=1S/C17H16FNO3S/c1-23(20,21)14-9-7-12(8-10-14)16-15(11-18)19-17(22-16)13-5-3-2-4-6-13/h2-10,15-16H,11H2,1H3/t15-,16+/m0/s1. The van der Waals surface area contributed by atoms with E-state index in [0.29, 0.717) is 11.5 Å². The molecule has 1 aliphatic rings. The van der Waals surface area contributed by atoms with Gasteiger partial charge in [-0.3, -0.25) is 0 Å². The van der Waals surface area contributed by atoms with Gasteiger partial charge in [0, 0.05) is 11.8 Å². The summed E-state index contributed by atoms with van der Waals surface area (Å²) in [5, 5.41) is 0. The molecule has 0 saturated heterocycles. The Labute approximate surface area is 134 Å². The molecule has 0 unspecified atom stereocenters. The number of hydrogen-bond donors (Lipinski definition) is 0. The summed E-state index contributed by atoms with van der Waals surface area (Å²) in [4.78, 5) is 4.53. The maximum atomic E-state index is 13.3. The first kappa shape index (κ1) is 15.7. The zero-order valence-electron chi connectivity index (χ0n) is 12.5. The number of sulfone groups is 1. The monoisotopic (exact) mass is 333 g/mol. The maximum absolute atomic E-state index is 13.3. The number of halogens is 1. The fraction of sp³-hybridized carbons (Fsp3) is 0.235. The first-order valence-electron chi connectivity index (χ1n) is 7.15. The van der Waals surface area contributed by atoms with Crippen molar-refractivity contribution in [1.29, 1.82) is 0 Å². The summed E-state index contributed by atoms with van der Waals surface area (Å²) in [7, 11) is -3.26. The molecule has 0 aliphatic carbocycles. The van der Waals surface area contributed by atoms with Crippen LogP contribution in [0.4, 0.5) is 4.39 Å². The Balaban J connectivity index is 1.87. The van der Waals surface area contributed by atoms with Gasteiger partial charge in [-0.05, 0) is 29.8 Å². The van der Waals surface area contributed by atoms with Crippen molar-refractivity contribution in [2.24, 2.45) is 4.99 Å². The summed E-state index contributed by atoms with van der Waals surface area (Å²) in [5.74, 6) is 0.408. The van der Waals surface area contributed by atoms with Crippen LogP contribution in [0, 0.1) is 0 Å². The minimum Gasteiger partial charge on any atom is -0.467 e. The summed E-state index contributed by atoms with van der Waals surface area (Å²) in [6, 6.07) is 15.0. The van der Waals surface area contributed by atoms with Crippen LogP contribution in [0.15, 0.2) is 64.5 Å². The van der Waals surface area contributed by atoms with Crippen molar-refractivity contribution in [1.82, 2.24) is 0 Å². The topological polar surface area (TPSA) is 55.7 Å². The number of ether oxygens (including phenoxy) is 1. The number of hydrogen-bond acceptors (Lipinski definition) is 4. The van der Waals surface area contributed by atoms with Crippen LogP contribution in [0.5, 0.6) is 0 Å². The quantitative estimate of drug-likeness (QED) is 0.864. The van der Waals surface area contributed by atoms with E-state index in [1.54, 1.807) is 12.1 Å². The van der Waals surface area contributed by atoms with Gasteiger partial charge in [0.15, 0.2) is 15.9 Å². The smallest absolute Gasteiger partial charge is 0.217 e. The largest absolute Gasteiger partial charge is 0.467 e. The number of alkyl halides is 1. The number of aliphatic imine (C=N–C) groups is 1. The van der Waals surface area contributed by atoms with Gasteiger partial charge in [0.2, 0.25) is 5.90 Å². The summed E-state index contributed by atoms with van der Waals surface area (Å²) >= 11 is 0. The molecule has 0 radical (unpaired) electrons. The summed E-state index contributed by atoms with van der Waals surface area (Å²) < 4.78 is 42.1.